The van der Waals surface area contributed by atoms with Gasteiger partial charge in [0.15, 0.2) is 18.2 Å². The van der Waals surface area contributed by atoms with Crippen molar-refractivity contribution >= 4 is 29.9 Å². The van der Waals surface area contributed by atoms with Gasteiger partial charge in [-0.2, -0.15) is 19.0 Å². The lowest BCUT2D eigenvalue weighted by molar-refractivity contribution is 0.0566. The molecule has 0 radical (unpaired) electrons. The number of ether oxygens (including phenoxy) is 1. The van der Waals surface area contributed by atoms with E-state index in [1.807, 2.05) is 0 Å². The van der Waals surface area contributed by atoms with Crippen LogP contribution in [0, 0.1) is 0 Å². The Kier molecular flexibility index (Phi) is 11.6. The van der Waals surface area contributed by atoms with Crippen LogP contribution in [0.1, 0.15) is 54.6 Å². The Hall–Kier alpha value is -4.93. The maximum absolute atomic E-state index is 14.1. The van der Waals surface area contributed by atoms with E-state index < -0.39 is 49.8 Å². The standard InChI is InChI=1S/C29H28ClF6N9O2/c1-3-38-29(37)44(27(46)18-6-4-17(5-7-18)20-11-41-43(12-20)28(35)36)23(13-47-15-40-16(2)24(31)32)19-8-9-21(30)22(10-19)45-26(25(33)34)39-14-42-45/h4-12,14-16,23-25,28H,3,13H2,1-2H3,(H2,37,38)/t16?,23-/m1/s1. The molecule has 0 aliphatic heterocycles. The molecular weight excluding hydrogens is 656 g/mol. The Balaban J connectivity index is 1.77. The van der Waals surface area contributed by atoms with Crippen LogP contribution in [0.3, 0.4) is 0 Å². The third-order valence-corrected chi connectivity index (χ3v) is 7.03. The van der Waals surface area contributed by atoms with Gasteiger partial charge in [-0.05, 0) is 49.2 Å². The number of amides is 1. The highest BCUT2D eigenvalue weighted by Gasteiger charge is 2.31. The van der Waals surface area contributed by atoms with Crippen molar-refractivity contribution in [2.75, 3.05) is 13.2 Å². The third kappa shape index (κ3) is 8.27. The first-order valence-electron chi connectivity index (χ1n) is 13.9. The molecule has 18 heteroatoms. The number of guanidine groups is 1. The lowest BCUT2D eigenvalue weighted by Crippen LogP contribution is -2.46. The minimum absolute atomic E-state index is 0.00551. The van der Waals surface area contributed by atoms with Crippen molar-refractivity contribution < 1.29 is 35.9 Å². The zero-order chi connectivity index (χ0) is 34.2. The van der Waals surface area contributed by atoms with Crippen LogP contribution in [-0.2, 0) is 4.74 Å². The number of carbonyl (C=O) groups is 1. The fraction of sp³-hybridized carbons (Fsp3) is 0.310. The van der Waals surface area contributed by atoms with E-state index in [0.29, 0.717) is 15.8 Å². The number of benzene rings is 2. The van der Waals surface area contributed by atoms with E-state index in [4.69, 9.17) is 22.1 Å². The minimum atomic E-state index is -3.00. The minimum Gasteiger partial charge on any atom is -0.481 e. The summed E-state index contributed by atoms with van der Waals surface area (Å²) in [6.07, 6.45) is -1.61. The first kappa shape index (κ1) is 34.9. The largest absolute Gasteiger partial charge is 0.481 e. The Morgan fingerprint density at radius 3 is 2.43 bits per heavy atom. The number of nitrogens with two attached hydrogens (primary N) is 1. The summed E-state index contributed by atoms with van der Waals surface area (Å²) in [7, 11) is 0. The number of rotatable bonds is 13. The number of halogens is 7. The summed E-state index contributed by atoms with van der Waals surface area (Å²) in [4.78, 5) is 26.6. The zero-order valence-corrected chi connectivity index (χ0v) is 25.5. The Morgan fingerprint density at radius 2 is 1.81 bits per heavy atom. The van der Waals surface area contributed by atoms with Gasteiger partial charge in [0.25, 0.3) is 18.8 Å². The van der Waals surface area contributed by atoms with Crippen molar-refractivity contribution in [2.24, 2.45) is 15.7 Å². The molecule has 11 nitrogen and oxygen atoms in total. The zero-order valence-electron chi connectivity index (χ0n) is 24.8. The van der Waals surface area contributed by atoms with Gasteiger partial charge in [-0.3, -0.25) is 14.7 Å². The number of hydrogen-bond acceptors (Lipinski definition) is 7. The smallest absolute Gasteiger partial charge is 0.333 e. The van der Waals surface area contributed by atoms with Crippen molar-refractivity contribution in [1.82, 2.24) is 29.4 Å². The normalized spacial score (nSPS) is 13.6. The van der Waals surface area contributed by atoms with Gasteiger partial charge >= 0.3 is 6.55 Å². The molecule has 2 N–H and O–H groups in total. The number of hydrogen-bond donors (Lipinski definition) is 1. The highest BCUT2D eigenvalue weighted by atomic mass is 35.5. The summed E-state index contributed by atoms with van der Waals surface area (Å²) in [5, 5.41) is 7.49. The second kappa shape index (κ2) is 15.6. The first-order chi connectivity index (χ1) is 22.4. The van der Waals surface area contributed by atoms with Gasteiger partial charge in [0, 0.05) is 23.9 Å². The molecule has 0 aliphatic carbocycles. The molecule has 0 bridgehead atoms. The lowest BCUT2D eigenvalue weighted by Gasteiger charge is -2.31. The number of alkyl halides is 6. The molecule has 0 spiro atoms. The van der Waals surface area contributed by atoms with E-state index in [1.54, 1.807) is 6.92 Å². The summed E-state index contributed by atoms with van der Waals surface area (Å²) in [5.74, 6) is -1.63. The number of aromatic nitrogens is 5. The summed E-state index contributed by atoms with van der Waals surface area (Å²) in [6, 6.07) is 7.62. The second-order valence-corrected chi connectivity index (χ2v) is 10.2. The molecule has 2 heterocycles. The fourth-order valence-electron chi connectivity index (χ4n) is 4.32. The van der Waals surface area contributed by atoms with Crippen LogP contribution >= 0.6 is 11.6 Å². The third-order valence-electron chi connectivity index (χ3n) is 6.71. The van der Waals surface area contributed by atoms with Crippen LogP contribution in [0.15, 0.2) is 71.2 Å². The van der Waals surface area contributed by atoms with Crippen molar-refractivity contribution in [2.45, 2.75) is 45.3 Å². The predicted octanol–water partition coefficient (Wildman–Crippen LogP) is 6.33. The second-order valence-electron chi connectivity index (χ2n) is 9.79. The quantitative estimate of drug-likeness (QED) is 0.0996. The maximum atomic E-state index is 14.1. The molecule has 2 aromatic carbocycles. The van der Waals surface area contributed by atoms with Crippen LogP contribution < -0.4 is 5.73 Å². The highest BCUT2D eigenvalue weighted by Crippen LogP contribution is 2.31. The molecule has 47 heavy (non-hydrogen) atoms. The topological polar surface area (TPSA) is 129 Å². The summed E-state index contributed by atoms with van der Waals surface area (Å²) < 4.78 is 86.2. The van der Waals surface area contributed by atoms with Gasteiger partial charge in [0.05, 0.1) is 22.9 Å². The average molecular weight is 684 g/mol. The van der Waals surface area contributed by atoms with Crippen LogP contribution in [0.25, 0.3) is 16.8 Å². The monoisotopic (exact) mass is 683 g/mol. The van der Waals surface area contributed by atoms with Gasteiger partial charge < -0.3 is 10.5 Å². The van der Waals surface area contributed by atoms with E-state index in [1.165, 1.54) is 55.6 Å². The molecule has 0 saturated carbocycles. The van der Waals surface area contributed by atoms with Crippen LogP contribution in [-0.4, -0.2) is 73.3 Å². The molecule has 0 aliphatic rings. The molecule has 1 amide bonds. The van der Waals surface area contributed by atoms with Gasteiger partial charge in [0.1, 0.15) is 19.0 Å². The number of nitrogens with zero attached hydrogens (tertiary/aromatic N) is 8. The molecule has 250 valence electrons. The van der Waals surface area contributed by atoms with Gasteiger partial charge in [-0.1, -0.05) is 29.8 Å². The highest BCUT2D eigenvalue weighted by molar-refractivity contribution is 6.32. The van der Waals surface area contributed by atoms with E-state index in [0.717, 1.165) is 28.5 Å². The summed E-state index contributed by atoms with van der Waals surface area (Å²) in [5.41, 5.74) is 7.52. The van der Waals surface area contributed by atoms with Crippen LogP contribution in [0.4, 0.5) is 26.3 Å². The molecule has 1 unspecified atom stereocenters. The molecule has 0 fully saturated rings. The van der Waals surface area contributed by atoms with E-state index in [-0.39, 0.29) is 34.3 Å². The Morgan fingerprint density at radius 1 is 1.09 bits per heavy atom. The van der Waals surface area contributed by atoms with Gasteiger partial charge in [-0.25, -0.2) is 36.9 Å². The van der Waals surface area contributed by atoms with E-state index in [2.05, 4.69) is 25.2 Å². The van der Waals surface area contributed by atoms with Crippen LogP contribution in [0.2, 0.25) is 5.02 Å². The molecule has 2 atom stereocenters. The Bertz CT molecular complexity index is 1710. The molecule has 4 rings (SSSR count). The van der Waals surface area contributed by atoms with E-state index in [9.17, 15) is 31.1 Å². The predicted molar refractivity (Wildman–Crippen MR) is 161 cm³/mol. The number of aliphatic imine (C=N–C) groups is 2. The number of carbonyl (C=O) groups excluding carboxylic acids is 1. The van der Waals surface area contributed by atoms with Crippen molar-refractivity contribution in [3.8, 4) is 16.8 Å². The maximum Gasteiger partial charge on any atom is 0.333 e. The molecule has 0 saturated heterocycles. The van der Waals surface area contributed by atoms with Gasteiger partial charge in [-0.15, -0.1) is 0 Å². The van der Waals surface area contributed by atoms with Crippen LogP contribution in [0.5, 0.6) is 0 Å². The Labute approximate surface area is 269 Å². The lowest BCUT2D eigenvalue weighted by atomic mass is 10.0. The van der Waals surface area contributed by atoms with Crippen molar-refractivity contribution in [3.05, 3.63) is 83.2 Å². The van der Waals surface area contributed by atoms with Crippen molar-refractivity contribution in [3.63, 3.8) is 0 Å². The average Bonchev–Trinajstić information content (AvgIpc) is 3.74. The summed E-state index contributed by atoms with van der Waals surface area (Å²) in [6.45, 7) is -0.231. The summed E-state index contributed by atoms with van der Waals surface area (Å²) >= 11 is 6.36. The van der Waals surface area contributed by atoms with E-state index >= 15 is 0 Å². The molecule has 2 aromatic heterocycles. The fourth-order valence-corrected chi connectivity index (χ4v) is 4.52. The first-order valence-corrected chi connectivity index (χ1v) is 14.3. The van der Waals surface area contributed by atoms with Crippen molar-refractivity contribution in [1.29, 1.82) is 0 Å². The molecule has 4 aromatic rings. The van der Waals surface area contributed by atoms with Gasteiger partial charge in [0.2, 0.25) is 0 Å². The molecular formula is C29H28ClF6N9O2. The SMILES string of the molecule is CCN=C(N)N(C(=O)c1ccc(-c2cnn(C(F)F)c2)cc1)[C@H](COC=NC(C)C(F)F)c1ccc(Cl)c(-n2ncnc2C(F)F)c1.